The van der Waals surface area contributed by atoms with Crippen molar-refractivity contribution in [1.29, 1.82) is 5.26 Å². The van der Waals surface area contributed by atoms with Gasteiger partial charge in [-0.25, -0.2) is 4.79 Å². The van der Waals surface area contributed by atoms with Crippen molar-refractivity contribution in [2.75, 3.05) is 7.11 Å². The van der Waals surface area contributed by atoms with Crippen LogP contribution in [0.5, 0.6) is 0 Å². The van der Waals surface area contributed by atoms with Crippen molar-refractivity contribution in [1.82, 2.24) is 0 Å². The summed E-state index contributed by atoms with van der Waals surface area (Å²) >= 11 is 3.24. The van der Waals surface area contributed by atoms with Crippen LogP contribution in [0, 0.1) is 18.3 Å². The number of nitrogens with zero attached hydrogens (tertiary/aromatic N) is 1. The van der Waals surface area contributed by atoms with Crippen LogP contribution in [0.4, 0.5) is 0 Å². The molecule has 0 atom stereocenters. The monoisotopic (exact) mass is 253 g/mol. The van der Waals surface area contributed by atoms with Crippen molar-refractivity contribution in [2.24, 2.45) is 0 Å². The fourth-order valence-corrected chi connectivity index (χ4v) is 1.67. The summed E-state index contributed by atoms with van der Waals surface area (Å²) < 4.78 is 5.28. The lowest BCUT2D eigenvalue weighted by atomic mass is 10.0. The molecule has 0 fully saturated rings. The lowest BCUT2D eigenvalue weighted by Crippen LogP contribution is -2.05. The number of nitriles is 1. The zero-order valence-electron chi connectivity index (χ0n) is 7.80. The maximum absolute atomic E-state index is 11.3. The van der Waals surface area contributed by atoms with Crippen LogP contribution < -0.4 is 0 Å². The fourth-order valence-electron chi connectivity index (χ4n) is 1.15. The summed E-state index contributed by atoms with van der Waals surface area (Å²) in [6.45, 7) is 1.72. The molecule has 1 aromatic rings. The predicted octanol–water partition coefficient (Wildman–Crippen LogP) is 2.42. The van der Waals surface area contributed by atoms with E-state index in [-0.39, 0.29) is 0 Å². The molecule has 4 heteroatoms. The Hall–Kier alpha value is -1.34. The summed E-state index contributed by atoms with van der Waals surface area (Å²) in [5, 5.41) is 8.85. The number of esters is 1. The average Bonchev–Trinajstić information content (AvgIpc) is 2.18. The topological polar surface area (TPSA) is 50.1 Å². The summed E-state index contributed by atoms with van der Waals surface area (Å²) in [5.74, 6) is -0.425. The molecule has 0 aliphatic carbocycles. The first kappa shape index (κ1) is 10.7. The third-order valence-electron chi connectivity index (χ3n) is 1.93. The molecule has 1 aromatic carbocycles. The molecule has 0 saturated carbocycles. The summed E-state index contributed by atoms with van der Waals surface area (Å²) in [5.41, 5.74) is 1.52. The van der Waals surface area contributed by atoms with E-state index in [2.05, 4.69) is 20.7 Å². The van der Waals surface area contributed by atoms with E-state index in [1.54, 1.807) is 19.1 Å². The summed E-state index contributed by atoms with van der Waals surface area (Å²) in [6, 6.07) is 5.32. The third kappa shape index (κ3) is 1.78. The average molecular weight is 254 g/mol. The molecule has 0 radical (unpaired) electrons. The second kappa shape index (κ2) is 4.25. The first-order chi connectivity index (χ1) is 6.61. The minimum atomic E-state index is -0.425. The standard InChI is InChI=1S/C10H8BrNO2/c1-6-7(10(13)14-2)3-4-9(11)8(6)5-12/h3-4H,1-2H3. The van der Waals surface area contributed by atoms with Crippen LogP contribution in [0.2, 0.25) is 0 Å². The molecule has 0 spiro atoms. The molecule has 0 aliphatic heterocycles. The van der Waals surface area contributed by atoms with Gasteiger partial charge in [-0.1, -0.05) is 0 Å². The number of benzene rings is 1. The Balaban J connectivity index is 3.37. The Morgan fingerprint density at radius 1 is 1.57 bits per heavy atom. The van der Waals surface area contributed by atoms with Gasteiger partial charge in [0.15, 0.2) is 0 Å². The fraction of sp³-hybridized carbons (Fsp3) is 0.200. The molecule has 0 aliphatic rings. The summed E-state index contributed by atoms with van der Waals surface area (Å²) in [6.07, 6.45) is 0. The number of halogens is 1. The SMILES string of the molecule is COC(=O)c1ccc(Br)c(C#N)c1C. The molecule has 0 N–H and O–H groups in total. The number of rotatable bonds is 1. The molecule has 1 rings (SSSR count). The maximum Gasteiger partial charge on any atom is 0.338 e. The van der Waals surface area contributed by atoms with Crippen molar-refractivity contribution >= 4 is 21.9 Å². The van der Waals surface area contributed by atoms with Gasteiger partial charge >= 0.3 is 5.97 Å². The molecule has 0 aromatic heterocycles. The lowest BCUT2D eigenvalue weighted by Gasteiger charge is -2.06. The van der Waals surface area contributed by atoms with Crippen molar-refractivity contribution in [3.8, 4) is 6.07 Å². The summed E-state index contributed by atoms with van der Waals surface area (Å²) in [7, 11) is 1.32. The molecule has 0 amide bonds. The van der Waals surface area contributed by atoms with Crippen molar-refractivity contribution in [2.45, 2.75) is 6.92 Å². The van der Waals surface area contributed by atoms with Crippen LogP contribution in [0.15, 0.2) is 16.6 Å². The van der Waals surface area contributed by atoms with Crippen LogP contribution in [-0.4, -0.2) is 13.1 Å². The van der Waals surface area contributed by atoms with Crippen LogP contribution in [0.1, 0.15) is 21.5 Å². The van der Waals surface area contributed by atoms with E-state index in [1.165, 1.54) is 7.11 Å². The zero-order valence-corrected chi connectivity index (χ0v) is 9.38. The van der Waals surface area contributed by atoms with E-state index >= 15 is 0 Å². The molecule has 0 bridgehead atoms. The van der Waals surface area contributed by atoms with E-state index in [4.69, 9.17) is 5.26 Å². The number of ether oxygens (including phenoxy) is 1. The number of hydrogen-bond donors (Lipinski definition) is 0. The highest BCUT2D eigenvalue weighted by Gasteiger charge is 2.13. The number of carbonyl (C=O) groups excluding carboxylic acids is 1. The molecule has 0 saturated heterocycles. The number of hydrogen-bond acceptors (Lipinski definition) is 3. The van der Waals surface area contributed by atoms with Crippen LogP contribution in [0.3, 0.4) is 0 Å². The third-order valence-corrected chi connectivity index (χ3v) is 2.59. The van der Waals surface area contributed by atoms with Crippen LogP contribution >= 0.6 is 15.9 Å². The van der Waals surface area contributed by atoms with Gasteiger partial charge in [0.1, 0.15) is 6.07 Å². The maximum atomic E-state index is 11.3. The molecule has 14 heavy (non-hydrogen) atoms. The molecule has 0 heterocycles. The van der Waals surface area contributed by atoms with E-state index in [0.717, 1.165) is 0 Å². The highest BCUT2D eigenvalue weighted by Crippen LogP contribution is 2.22. The second-order valence-corrected chi connectivity index (χ2v) is 3.55. The Labute approximate surface area is 90.4 Å². The Morgan fingerprint density at radius 3 is 2.71 bits per heavy atom. The normalized spacial score (nSPS) is 9.29. The molecule has 72 valence electrons. The van der Waals surface area contributed by atoms with Crippen molar-refractivity contribution in [3.05, 3.63) is 33.3 Å². The first-order valence-corrected chi connectivity index (χ1v) is 4.68. The minimum Gasteiger partial charge on any atom is -0.465 e. The second-order valence-electron chi connectivity index (χ2n) is 2.70. The number of carbonyl (C=O) groups is 1. The Bertz CT molecular complexity index is 421. The number of methoxy groups -OCH3 is 1. The van der Waals surface area contributed by atoms with E-state index in [0.29, 0.717) is 21.2 Å². The molecular formula is C10H8BrNO2. The van der Waals surface area contributed by atoms with Gasteiger partial charge < -0.3 is 4.74 Å². The minimum absolute atomic E-state index is 0.423. The summed E-state index contributed by atoms with van der Waals surface area (Å²) in [4.78, 5) is 11.3. The van der Waals surface area contributed by atoms with Crippen LogP contribution in [-0.2, 0) is 4.74 Å². The quantitative estimate of drug-likeness (QED) is 0.723. The smallest absolute Gasteiger partial charge is 0.338 e. The molecule has 0 unspecified atom stereocenters. The zero-order chi connectivity index (χ0) is 10.7. The Morgan fingerprint density at radius 2 is 2.21 bits per heavy atom. The van der Waals surface area contributed by atoms with E-state index < -0.39 is 5.97 Å². The van der Waals surface area contributed by atoms with Gasteiger partial charge in [0.2, 0.25) is 0 Å². The Kier molecular flexibility index (Phi) is 3.26. The van der Waals surface area contributed by atoms with Crippen molar-refractivity contribution in [3.63, 3.8) is 0 Å². The van der Waals surface area contributed by atoms with Crippen molar-refractivity contribution < 1.29 is 9.53 Å². The van der Waals surface area contributed by atoms with Gasteiger partial charge in [0.05, 0.1) is 18.2 Å². The van der Waals surface area contributed by atoms with E-state index in [1.807, 2.05) is 6.07 Å². The van der Waals surface area contributed by atoms with Gasteiger partial charge in [-0.05, 0) is 40.5 Å². The highest BCUT2D eigenvalue weighted by molar-refractivity contribution is 9.10. The van der Waals surface area contributed by atoms with Gasteiger partial charge in [0.25, 0.3) is 0 Å². The first-order valence-electron chi connectivity index (χ1n) is 3.89. The van der Waals surface area contributed by atoms with Gasteiger partial charge in [0, 0.05) is 4.47 Å². The van der Waals surface area contributed by atoms with Gasteiger partial charge in [-0.15, -0.1) is 0 Å². The van der Waals surface area contributed by atoms with Gasteiger partial charge in [-0.2, -0.15) is 5.26 Å². The predicted molar refractivity (Wildman–Crippen MR) is 54.9 cm³/mol. The molecular weight excluding hydrogens is 246 g/mol. The lowest BCUT2D eigenvalue weighted by molar-refractivity contribution is 0.0600. The van der Waals surface area contributed by atoms with Gasteiger partial charge in [-0.3, -0.25) is 0 Å². The van der Waals surface area contributed by atoms with Crippen LogP contribution in [0.25, 0.3) is 0 Å². The van der Waals surface area contributed by atoms with E-state index in [9.17, 15) is 4.79 Å². The largest absolute Gasteiger partial charge is 0.465 e. The molecule has 3 nitrogen and oxygen atoms in total. The highest BCUT2D eigenvalue weighted by atomic mass is 79.9.